The summed E-state index contributed by atoms with van der Waals surface area (Å²) in [4.78, 5) is 48.8. The van der Waals surface area contributed by atoms with Crippen molar-refractivity contribution in [2.75, 3.05) is 28.6 Å². The van der Waals surface area contributed by atoms with Gasteiger partial charge in [0.1, 0.15) is 5.02 Å². The Morgan fingerprint density at radius 1 is 1.02 bits per heavy atom. The van der Waals surface area contributed by atoms with Crippen molar-refractivity contribution in [2.24, 2.45) is 14.1 Å². The number of halogens is 1. The number of imidazole rings is 1. The predicted molar refractivity (Wildman–Crippen MR) is 198 cm³/mol. The van der Waals surface area contributed by atoms with Gasteiger partial charge in [-0.25, -0.2) is 9.78 Å². The van der Waals surface area contributed by atoms with Crippen molar-refractivity contribution < 1.29 is 14.7 Å². The number of aryl methyl sites for hydroxylation is 3. The molecule has 7 rings (SSSR count). The number of rotatable bonds is 9. The second-order valence-electron chi connectivity index (χ2n) is 14.2. The maximum Gasteiger partial charge on any atom is 0.328 e. The molecule has 14 nitrogen and oxygen atoms in total. The molecular weight excluding hydrogens is 672 g/mol. The molecule has 268 valence electrons. The molecule has 2 amide bonds. The Hall–Kier alpha value is -4.95. The number of carbonyl (C=O) groups excluding carboxylic acids is 2. The lowest BCUT2D eigenvalue weighted by Crippen LogP contribution is -2.39. The maximum atomic E-state index is 13.0. The number of piperidine rings is 1. The zero-order valence-electron chi connectivity index (χ0n) is 29.2. The summed E-state index contributed by atoms with van der Waals surface area (Å²) >= 11 is 6.54. The van der Waals surface area contributed by atoms with Gasteiger partial charge in [-0.2, -0.15) is 10.1 Å². The lowest BCUT2D eigenvalue weighted by atomic mass is 9.93. The van der Waals surface area contributed by atoms with Crippen molar-refractivity contribution in [1.29, 1.82) is 0 Å². The van der Waals surface area contributed by atoms with E-state index in [1.165, 1.54) is 0 Å². The van der Waals surface area contributed by atoms with E-state index in [4.69, 9.17) is 21.7 Å². The molecule has 2 saturated heterocycles. The van der Waals surface area contributed by atoms with Gasteiger partial charge in [0.05, 0.1) is 40.0 Å². The highest BCUT2D eigenvalue weighted by Gasteiger charge is 2.32. The van der Waals surface area contributed by atoms with Gasteiger partial charge in [0.15, 0.2) is 5.82 Å². The highest BCUT2D eigenvalue weighted by atomic mass is 35.5. The van der Waals surface area contributed by atoms with E-state index >= 15 is 0 Å². The molecule has 4 N–H and O–H groups in total. The van der Waals surface area contributed by atoms with Crippen LogP contribution >= 0.6 is 11.6 Å². The Bertz CT molecular complexity index is 2200. The summed E-state index contributed by atoms with van der Waals surface area (Å²) in [6.45, 7) is 5.56. The number of aromatic nitrogens is 6. The fourth-order valence-corrected chi connectivity index (χ4v) is 7.25. The summed E-state index contributed by atoms with van der Waals surface area (Å²) in [5, 5.41) is 25.5. The number of amides is 2. The first-order valence-corrected chi connectivity index (χ1v) is 17.8. The van der Waals surface area contributed by atoms with E-state index in [1.54, 1.807) is 36.2 Å². The number of hydrogen-bond donors (Lipinski definition) is 4. The number of aliphatic hydroxyl groups is 1. The zero-order valence-corrected chi connectivity index (χ0v) is 30.0. The number of carbonyl (C=O) groups is 2. The molecule has 51 heavy (non-hydrogen) atoms. The number of anilines is 4. The predicted octanol–water partition coefficient (Wildman–Crippen LogP) is 4.57. The van der Waals surface area contributed by atoms with Gasteiger partial charge in [-0.15, -0.1) is 0 Å². The second-order valence-corrected chi connectivity index (χ2v) is 14.7. The van der Waals surface area contributed by atoms with E-state index in [0.29, 0.717) is 48.3 Å². The van der Waals surface area contributed by atoms with E-state index < -0.39 is 11.5 Å². The molecule has 3 aromatic heterocycles. The number of imide groups is 1. The Morgan fingerprint density at radius 2 is 1.84 bits per heavy atom. The van der Waals surface area contributed by atoms with Crippen molar-refractivity contribution in [3.05, 3.63) is 63.8 Å². The van der Waals surface area contributed by atoms with Crippen LogP contribution in [0.1, 0.15) is 64.0 Å². The minimum absolute atomic E-state index is 0.142. The molecule has 2 aliphatic rings. The molecule has 2 atom stereocenters. The van der Waals surface area contributed by atoms with Gasteiger partial charge >= 0.3 is 5.69 Å². The van der Waals surface area contributed by atoms with Crippen LogP contribution in [-0.4, -0.2) is 70.5 Å². The second kappa shape index (κ2) is 13.6. The third-order valence-corrected chi connectivity index (χ3v) is 10.2. The van der Waals surface area contributed by atoms with Crippen molar-refractivity contribution >= 4 is 68.5 Å². The van der Waals surface area contributed by atoms with Crippen molar-refractivity contribution in [1.82, 2.24) is 34.2 Å². The minimum Gasteiger partial charge on any atom is -0.390 e. The third kappa shape index (κ3) is 7.15. The van der Waals surface area contributed by atoms with Crippen LogP contribution in [0, 0.1) is 0 Å². The van der Waals surface area contributed by atoms with E-state index in [-0.39, 0.29) is 23.5 Å². The molecule has 5 heterocycles. The Morgan fingerprint density at radius 3 is 2.63 bits per heavy atom. The lowest BCUT2D eigenvalue weighted by molar-refractivity contribution is -0.134. The van der Waals surface area contributed by atoms with Crippen LogP contribution in [0.3, 0.4) is 0 Å². The van der Waals surface area contributed by atoms with Gasteiger partial charge in [0.25, 0.3) is 0 Å². The minimum atomic E-state index is -0.898. The molecule has 2 unspecified atom stereocenters. The molecular formula is C36H43ClN10O4. The quantitative estimate of drug-likeness (QED) is 0.159. The summed E-state index contributed by atoms with van der Waals surface area (Å²) in [6.07, 6.45) is 5.56. The van der Waals surface area contributed by atoms with E-state index in [2.05, 4.69) is 38.0 Å². The Labute approximate surface area is 299 Å². The van der Waals surface area contributed by atoms with E-state index in [1.807, 2.05) is 36.0 Å². The maximum absolute atomic E-state index is 13.0. The Balaban J connectivity index is 1.03. The average molecular weight is 715 g/mol. The highest BCUT2D eigenvalue weighted by Crippen LogP contribution is 2.33. The smallest absolute Gasteiger partial charge is 0.328 e. The van der Waals surface area contributed by atoms with E-state index in [9.17, 15) is 19.5 Å². The van der Waals surface area contributed by atoms with Crippen molar-refractivity contribution in [2.45, 2.75) is 76.5 Å². The van der Waals surface area contributed by atoms with Gasteiger partial charge in [-0.3, -0.25) is 28.7 Å². The number of benzene rings is 2. The summed E-state index contributed by atoms with van der Waals surface area (Å²) in [7, 11) is 3.63. The molecule has 0 radical (unpaired) electrons. The van der Waals surface area contributed by atoms with Gasteiger partial charge in [-0.05, 0) is 82.3 Å². The molecule has 2 aliphatic heterocycles. The summed E-state index contributed by atoms with van der Waals surface area (Å²) < 4.78 is 5.10. The van der Waals surface area contributed by atoms with Crippen LogP contribution in [0.15, 0.2) is 47.4 Å². The van der Waals surface area contributed by atoms with Gasteiger partial charge in [0.2, 0.25) is 17.8 Å². The SMILES string of the molecule is Cn1nc(C2CCC(=O)NC2=O)c2ccc(N3CCCC(Nc4ncc(Cl)c(Nc5ccc6c(c5)n(CCC(C)(C)O)c(=O)n6C)n4)CC3)cc21. The molecule has 0 bridgehead atoms. The molecule has 0 saturated carbocycles. The molecule has 0 spiro atoms. The normalized spacial score (nSPS) is 18.7. The first kappa shape index (κ1) is 34.5. The van der Waals surface area contributed by atoms with Crippen LogP contribution in [-0.2, 0) is 30.2 Å². The number of nitrogens with one attached hydrogen (secondary N) is 3. The highest BCUT2D eigenvalue weighted by molar-refractivity contribution is 6.32. The zero-order chi connectivity index (χ0) is 36.0. The first-order valence-electron chi connectivity index (χ1n) is 17.4. The van der Waals surface area contributed by atoms with E-state index in [0.717, 1.165) is 65.7 Å². The fourth-order valence-electron chi connectivity index (χ4n) is 7.11. The fraction of sp³-hybridized carbons (Fsp3) is 0.444. The number of fused-ring (bicyclic) bond motifs is 2. The first-order chi connectivity index (χ1) is 24.3. The lowest BCUT2D eigenvalue weighted by Gasteiger charge is -2.23. The van der Waals surface area contributed by atoms with Crippen LogP contribution in [0.5, 0.6) is 0 Å². The number of hydrogen-bond acceptors (Lipinski definition) is 10. The number of nitrogens with zero attached hydrogens (tertiary/aromatic N) is 7. The standard InChI is InChI=1S/C36H43ClN10O4/c1-36(2,51)14-17-47-29-18-22(7-11-27(29)44(3)35(47)50)39-32-26(37)20-38-34(42-32)40-21-6-5-15-46(16-13-21)23-8-9-24-28(19-23)45(4)43-31(24)25-10-12-30(48)41-33(25)49/h7-9,11,18-21,25,51H,5-6,10,12-17H2,1-4H3,(H,41,48,49)(H2,38,39,40,42). The van der Waals surface area contributed by atoms with Crippen molar-refractivity contribution in [3.63, 3.8) is 0 Å². The van der Waals surface area contributed by atoms with Crippen LogP contribution in [0.2, 0.25) is 5.02 Å². The monoisotopic (exact) mass is 714 g/mol. The average Bonchev–Trinajstić information content (AvgIpc) is 3.39. The van der Waals surface area contributed by atoms with Gasteiger partial charge in [-0.1, -0.05) is 11.6 Å². The summed E-state index contributed by atoms with van der Waals surface area (Å²) in [6, 6.07) is 12.1. The molecule has 0 aliphatic carbocycles. The topological polar surface area (TPSA) is 164 Å². The van der Waals surface area contributed by atoms with Gasteiger partial charge in [0, 0.05) is 63.0 Å². The summed E-state index contributed by atoms with van der Waals surface area (Å²) in [5.74, 6) is -0.0298. The third-order valence-electron chi connectivity index (χ3n) is 9.96. The van der Waals surface area contributed by atoms with Crippen LogP contribution in [0.4, 0.5) is 23.1 Å². The van der Waals surface area contributed by atoms with Crippen LogP contribution in [0.25, 0.3) is 21.9 Å². The molecule has 2 fully saturated rings. The molecule has 5 aromatic rings. The largest absolute Gasteiger partial charge is 0.390 e. The molecule has 2 aromatic carbocycles. The van der Waals surface area contributed by atoms with Gasteiger partial charge < -0.3 is 20.6 Å². The summed E-state index contributed by atoms with van der Waals surface area (Å²) in [5.41, 5.74) is 3.97. The van der Waals surface area contributed by atoms with Crippen LogP contribution < -0.4 is 26.5 Å². The Kier molecular flexibility index (Phi) is 9.23. The molecule has 15 heteroatoms. The van der Waals surface area contributed by atoms with Crippen molar-refractivity contribution in [3.8, 4) is 0 Å².